The van der Waals surface area contributed by atoms with Crippen molar-refractivity contribution in [1.29, 1.82) is 0 Å². The molecule has 0 heterocycles. The fraction of sp³-hybridized carbons (Fsp3) is 0.833. The smallest absolute Gasteiger partial charge is 0.0473 e. The number of hydrogen-bond acceptors (Lipinski definition) is 0. The molecule has 0 rings (SSSR count). The second kappa shape index (κ2) is 2.51. The molecule has 0 fully saturated rings. The molecule has 0 aliphatic heterocycles. The Morgan fingerprint density at radius 2 is 1.71 bits per heavy atom. The van der Waals surface area contributed by atoms with Gasteiger partial charge in [-0.1, -0.05) is 33.0 Å². The Morgan fingerprint density at radius 1 is 1.29 bits per heavy atom. The Kier molecular flexibility index (Phi) is 2.58. The van der Waals surface area contributed by atoms with Gasteiger partial charge in [0.1, 0.15) is 0 Å². The largest absolute Gasteiger partial charge is 0.0693 e. The predicted molar refractivity (Wildman–Crippen MR) is 37.9 cm³/mol. The Morgan fingerprint density at radius 3 is 1.71 bits per heavy atom. The standard InChI is InChI=1S/C6H15Si/c1-5-6-7(2,3)4/h6H,5H2,1-4H3. The first kappa shape index (κ1) is 7.22. The molecule has 0 spiro atoms. The summed E-state index contributed by atoms with van der Waals surface area (Å²) >= 11 is 0. The molecule has 0 amide bonds. The van der Waals surface area contributed by atoms with Gasteiger partial charge in [-0.2, -0.15) is 0 Å². The molecule has 0 aromatic carbocycles. The van der Waals surface area contributed by atoms with Gasteiger partial charge in [-0.05, 0) is 6.04 Å². The molecule has 0 atom stereocenters. The van der Waals surface area contributed by atoms with Crippen molar-refractivity contribution in [2.24, 2.45) is 0 Å². The average molecular weight is 115 g/mol. The van der Waals surface area contributed by atoms with Gasteiger partial charge in [0.25, 0.3) is 0 Å². The minimum absolute atomic E-state index is 0.782. The maximum Gasteiger partial charge on any atom is 0.0473 e. The van der Waals surface area contributed by atoms with Crippen molar-refractivity contribution in [3.63, 3.8) is 0 Å². The highest BCUT2D eigenvalue weighted by Crippen LogP contribution is 2.06. The van der Waals surface area contributed by atoms with Gasteiger partial charge in [0.2, 0.25) is 0 Å². The van der Waals surface area contributed by atoms with E-state index in [0.29, 0.717) is 0 Å². The molecule has 0 unspecified atom stereocenters. The van der Waals surface area contributed by atoms with Gasteiger partial charge >= 0.3 is 0 Å². The fourth-order valence-corrected chi connectivity index (χ4v) is 1.84. The molecule has 7 heavy (non-hydrogen) atoms. The van der Waals surface area contributed by atoms with Crippen LogP contribution < -0.4 is 0 Å². The van der Waals surface area contributed by atoms with E-state index < -0.39 is 8.07 Å². The monoisotopic (exact) mass is 115 g/mol. The minimum Gasteiger partial charge on any atom is -0.0693 e. The van der Waals surface area contributed by atoms with E-state index in [9.17, 15) is 0 Å². The summed E-state index contributed by atoms with van der Waals surface area (Å²) in [5.74, 6) is 0. The maximum atomic E-state index is 2.45. The maximum absolute atomic E-state index is 2.45. The van der Waals surface area contributed by atoms with Crippen molar-refractivity contribution < 1.29 is 0 Å². The van der Waals surface area contributed by atoms with Crippen LogP contribution in [0.4, 0.5) is 0 Å². The fourth-order valence-electron chi connectivity index (χ4n) is 0.612. The van der Waals surface area contributed by atoms with Crippen molar-refractivity contribution in [3.8, 4) is 0 Å². The Balaban J connectivity index is 3.15. The van der Waals surface area contributed by atoms with Crippen molar-refractivity contribution in [3.05, 3.63) is 6.04 Å². The lowest BCUT2D eigenvalue weighted by molar-refractivity contribution is 1.17. The number of hydrogen-bond donors (Lipinski definition) is 0. The summed E-state index contributed by atoms with van der Waals surface area (Å²) in [6.45, 7) is 9.28. The van der Waals surface area contributed by atoms with Crippen LogP contribution in [0.3, 0.4) is 0 Å². The molecule has 0 N–H and O–H groups in total. The van der Waals surface area contributed by atoms with Crippen molar-refractivity contribution in [2.75, 3.05) is 0 Å². The lowest BCUT2D eigenvalue weighted by Crippen LogP contribution is -2.19. The van der Waals surface area contributed by atoms with Crippen LogP contribution in [0, 0.1) is 6.04 Å². The molecule has 43 valence electrons. The molecule has 0 aliphatic carbocycles. The zero-order chi connectivity index (χ0) is 5.91. The van der Waals surface area contributed by atoms with Crippen molar-refractivity contribution >= 4 is 8.07 Å². The molecule has 1 heteroatoms. The summed E-state index contributed by atoms with van der Waals surface area (Å²) in [4.78, 5) is 0. The van der Waals surface area contributed by atoms with E-state index in [1.165, 1.54) is 6.42 Å². The molecular weight excluding hydrogens is 100 g/mol. The van der Waals surface area contributed by atoms with E-state index in [0.717, 1.165) is 0 Å². The highest BCUT2D eigenvalue weighted by atomic mass is 28.3. The minimum atomic E-state index is -0.782. The van der Waals surface area contributed by atoms with E-state index in [1.54, 1.807) is 0 Å². The zero-order valence-corrected chi connectivity index (χ0v) is 6.78. The first-order valence-corrected chi connectivity index (χ1v) is 6.48. The van der Waals surface area contributed by atoms with Gasteiger partial charge in [0.05, 0.1) is 0 Å². The summed E-state index contributed by atoms with van der Waals surface area (Å²) in [7, 11) is -0.782. The van der Waals surface area contributed by atoms with Crippen LogP contribution in [0.2, 0.25) is 19.6 Å². The Bertz CT molecular complexity index is 42.6. The Labute approximate surface area is 47.9 Å². The van der Waals surface area contributed by atoms with E-state index in [4.69, 9.17) is 0 Å². The topological polar surface area (TPSA) is 0 Å². The van der Waals surface area contributed by atoms with E-state index in [-0.39, 0.29) is 0 Å². The molecule has 0 aromatic rings. The third-order valence-corrected chi connectivity index (χ3v) is 2.45. The Hall–Kier alpha value is 0.217. The van der Waals surface area contributed by atoms with Gasteiger partial charge in [-0.25, -0.2) is 0 Å². The van der Waals surface area contributed by atoms with Crippen molar-refractivity contribution in [1.82, 2.24) is 0 Å². The van der Waals surface area contributed by atoms with Crippen molar-refractivity contribution in [2.45, 2.75) is 33.0 Å². The summed E-state index contributed by atoms with van der Waals surface area (Å²) in [5, 5.41) is 0. The van der Waals surface area contributed by atoms with E-state index >= 15 is 0 Å². The first-order chi connectivity index (χ1) is 3.06. The van der Waals surface area contributed by atoms with E-state index in [1.807, 2.05) is 0 Å². The lowest BCUT2D eigenvalue weighted by atomic mass is 10.6. The van der Waals surface area contributed by atoms with Crippen LogP contribution in [0.5, 0.6) is 0 Å². The zero-order valence-electron chi connectivity index (χ0n) is 5.78. The van der Waals surface area contributed by atoms with Crippen LogP contribution in [0.15, 0.2) is 0 Å². The summed E-state index contributed by atoms with van der Waals surface area (Å²) < 4.78 is 0. The average Bonchev–Trinajstić information content (AvgIpc) is 1.30. The molecule has 0 saturated heterocycles. The third-order valence-electron chi connectivity index (χ3n) is 0.816. The normalized spacial score (nSPS) is 12.0. The SMILES string of the molecule is CC[CH][Si](C)(C)C. The van der Waals surface area contributed by atoms with Crippen LogP contribution in [0.1, 0.15) is 13.3 Å². The first-order valence-electron chi connectivity index (χ1n) is 2.90. The quantitative estimate of drug-likeness (QED) is 0.485. The summed E-state index contributed by atoms with van der Waals surface area (Å²) in [6.07, 6.45) is 1.25. The molecule has 0 nitrogen and oxygen atoms in total. The summed E-state index contributed by atoms with van der Waals surface area (Å²) in [5.41, 5.74) is 0. The van der Waals surface area contributed by atoms with Gasteiger partial charge in [-0.3, -0.25) is 0 Å². The van der Waals surface area contributed by atoms with Crippen LogP contribution in [-0.2, 0) is 0 Å². The molecular formula is C6H15Si. The molecule has 1 radical (unpaired) electrons. The predicted octanol–water partition coefficient (Wildman–Crippen LogP) is 2.48. The number of rotatable bonds is 2. The second-order valence-corrected chi connectivity index (χ2v) is 8.12. The van der Waals surface area contributed by atoms with Crippen LogP contribution in [0.25, 0.3) is 0 Å². The second-order valence-electron chi connectivity index (χ2n) is 2.98. The molecule has 0 aromatic heterocycles. The molecule has 0 aliphatic rings. The highest BCUT2D eigenvalue weighted by molar-refractivity contribution is 6.79. The lowest BCUT2D eigenvalue weighted by Gasteiger charge is -2.11. The van der Waals surface area contributed by atoms with Gasteiger partial charge in [0, 0.05) is 8.07 Å². The van der Waals surface area contributed by atoms with Crippen LogP contribution in [-0.4, -0.2) is 8.07 Å². The van der Waals surface area contributed by atoms with Crippen LogP contribution >= 0.6 is 0 Å². The highest BCUT2D eigenvalue weighted by Gasteiger charge is 2.09. The van der Waals surface area contributed by atoms with Gasteiger partial charge in [-0.15, -0.1) is 0 Å². The van der Waals surface area contributed by atoms with Gasteiger partial charge in [0.15, 0.2) is 0 Å². The summed E-state index contributed by atoms with van der Waals surface area (Å²) in [6, 6.07) is 2.45. The van der Waals surface area contributed by atoms with E-state index in [2.05, 4.69) is 32.6 Å². The molecule has 0 bridgehead atoms. The van der Waals surface area contributed by atoms with Gasteiger partial charge < -0.3 is 0 Å². The molecule has 0 saturated carbocycles. The third kappa shape index (κ3) is 6.22.